The van der Waals surface area contributed by atoms with Gasteiger partial charge in [0.2, 0.25) is 0 Å². The third kappa shape index (κ3) is 2.72. The number of carbonyl (C=O) groups is 1. The Morgan fingerprint density at radius 2 is 2.05 bits per heavy atom. The summed E-state index contributed by atoms with van der Waals surface area (Å²) in [6.45, 7) is 1.99. The molecule has 7 heteroatoms. The molecule has 1 aliphatic carbocycles. The zero-order valence-corrected chi connectivity index (χ0v) is 11.3. The second-order valence-electron chi connectivity index (χ2n) is 5.32. The molecule has 1 saturated carbocycles. The standard InChI is InChI=1S/C13H18N4O3/c1-13(7-2-3-8-13)15-12(18)9-5-4-6-10(17(19)20)11(9)16-14/h4-6,16H,2-3,7-8,14H2,1H3,(H,15,18). The predicted molar refractivity (Wildman–Crippen MR) is 75.2 cm³/mol. The number of anilines is 1. The van der Waals surface area contributed by atoms with E-state index in [4.69, 9.17) is 5.84 Å². The molecule has 7 nitrogen and oxygen atoms in total. The van der Waals surface area contributed by atoms with Crippen LogP contribution in [0.2, 0.25) is 0 Å². The molecule has 1 aromatic rings. The second kappa shape index (κ2) is 5.46. The number of carbonyl (C=O) groups excluding carboxylic acids is 1. The molecular formula is C13H18N4O3. The molecule has 108 valence electrons. The van der Waals surface area contributed by atoms with E-state index >= 15 is 0 Å². The number of nitro groups is 1. The Morgan fingerprint density at radius 3 is 2.60 bits per heavy atom. The van der Waals surface area contributed by atoms with Crippen LogP contribution in [0.5, 0.6) is 0 Å². The molecule has 1 amide bonds. The van der Waals surface area contributed by atoms with Gasteiger partial charge in [0.05, 0.1) is 10.5 Å². The van der Waals surface area contributed by atoms with Crippen LogP contribution in [-0.4, -0.2) is 16.4 Å². The highest BCUT2D eigenvalue weighted by Gasteiger charge is 2.31. The van der Waals surface area contributed by atoms with Crippen molar-refractivity contribution in [2.24, 2.45) is 5.84 Å². The minimum absolute atomic E-state index is 0.0385. The lowest BCUT2D eigenvalue weighted by Crippen LogP contribution is -2.43. The van der Waals surface area contributed by atoms with Gasteiger partial charge in [-0.05, 0) is 25.8 Å². The molecule has 20 heavy (non-hydrogen) atoms. The molecule has 0 aliphatic heterocycles. The van der Waals surface area contributed by atoms with Gasteiger partial charge < -0.3 is 10.7 Å². The molecule has 1 fully saturated rings. The third-order valence-corrected chi connectivity index (χ3v) is 3.75. The van der Waals surface area contributed by atoms with Gasteiger partial charge in [-0.15, -0.1) is 0 Å². The van der Waals surface area contributed by atoms with Gasteiger partial charge in [0.25, 0.3) is 11.6 Å². The lowest BCUT2D eigenvalue weighted by atomic mass is 9.99. The largest absolute Gasteiger partial charge is 0.347 e. The molecule has 0 saturated heterocycles. The topological polar surface area (TPSA) is 110 Å². The van der Waals surface area contributed by atoms with Gasteiger partial charge in [0.15, 0.2) is 0 Å². The molecule has 0 atom stereocenters. The maximum Gasteiger partial charge on any atom is 0.294 e. The number of benzene rings is 1. The summed E-state index contributed by atoms with van der Waals surface area (Å²) in [5, 5.41) is 13.9. The van der Waals surface area contributed by atoms with E-state index in [0.717, 1.165) is 25.7 Å². The van der Waals surface area contributed by atoms with Gasteiger partial charge >= 0.3 is 0 Å². The summed E-state index contributed by atoms with van der Waals surface area (Å²) in [6.07, 6.45) is 3.99. The summed E-state index contributed by atoms with van der Waals surface area (Å²) in [4.78, 5) is 22.7. The van der Waals surface area contributed by atoms with E-state index in [1.54, 1.807) is 0 Å². The van der Waals surface area contributed by atoms with Gasteiger partial charge in [-0.25, -0.2) is 0 Å². The highest BCUT2D eigenvalue weighted by molar-refractivity contribution is 6.01. The van der Waals surface area contributed by atoms with E-state index in [1.807, 2.05) is 6.92 Å². The van der Waals surface area contributed by atoms with Gasteiger partial charge in [-0.1, -0.05) is 18.9 Å². The average Bonchev–Trinajstić information content (AvgIpc) is 2.83. The minimum Gasteiger partial charge on any atom is -0.347 e. The van der Waals surface area contributed by atoms with E-state index in [9.17, 15) is 14.9 Å². The van der Waals surface area contributed by atoms with Crippen molar-refractivity contribution in [3.05, 3.63) is 33.9 Å². The smallest absolute Gasteiger partial charge is 0.294 e. The van der Waals surface area contributed by atoms with Crippen LogP contribution < -0.4 is 16.6 Å². The van der Waals surface area contributed by atoms with Crippen LogP contribution in [0.3, 0.4) is 0 Å². The number of hydrogen-bond acceptors (Lipinski definition) is 5. The number of rotatable bonds is 4. The van der Waals surface area contributed by atoms with Crippen molar-refractivity contribution in [2.75, 3.05) is 5.43 Å². The first-order valence-corrected chi connectivity index (χ1v) is 6.53. The quantitative estimate of drug-likeness (QED) is 0.443. The van der Waals surface area contributed by atoms with Crippen molar-refractivity contribution in [3.8, 4) is 0 Å². The number of hydrazine groups is 1. The number of nitro benzene ring substituents is 1. The molecule has 1 aromatic carbocycles. The Morgan fingerprint density at radius 1 is 1.40 bits per heavy atom. The fourth-order valence-electron chi connectivity index (χ4n) is 2.65. The minimum atomic E-state index is -0.566. The Hall–Kier alpha value is -2.15. The van der Waals surface area contributed by atoms with Gasteiger partial charge in [0.1, 0.15) is 5.69 Å². The number of para-hydroxylation sites is 1. The fraction of sp³-hybridized carbons (Fsp3) is 0.462. The molecule has 0 radical (unpaired) electrons. The maximum atomic E-state index is 12.3. The summed E-state index contributed by atoms with van der Waals surface area (Å²) < 4.78 is 0. The third-order valence-electron chi connectivity index (χ3n) is 3.75. The van der Waals surface area contributed by atoms with Crippen LogP contribution >= 0.6 is 0 Å². The number of nitrogens with zero attached hydrogens (tertiary/aromatic N) is 1. The molecule has 1 aliphatic rings. The lowest BCUT2D eigenvalue weighted by molar-refractivity contribution is -0.384. The number of nitrogens with two attached hydrogens (primary N) is 1. The maximum absolute atomic E-state index is 12.3. The van der Waals surface area contributed by atoms with E-state index < -0.39 is 4.92 Å². The van der Waals surface area contributed by atoms with Crippen molar-refractivity contribution >= 4 is 17.3 Å². The molecule has 2 rings (SSSR count). The summed E-state index contributed by atoms with van der Waals surface area (Å²) in [5.74, 6) is 4.99. The molecule has 0 bridgehead atoms. The number of amides is 1. The highest BCUT2D eigenvalue weighted by Crippen LogP contribution is 2.31. The molecule has 4 N–H and O–H groups in total. The summed E-state index contributed by atoms with van der Waals surface area (Å²) in [5.41, 5.74) is 2.04. The van der Waals surface area contributed by atoms with Crippen molar-refractivity contribution in [2.45, 2.75) is 38.1 Å². The first-order valence-electron chi connectivity index (χ1n) is 6.53. The van der Waals surface area contributed by atoms with Crippen LogP contribution in [0.25, 0.3) is 0 Å². The fourth-order valence-corrected chi connectivity index (χ4v) is 2.65. The first-order chi connectivity index (χ1) is 9.47. The van der Waals surface area contributed by atoms with Crippen molar-refractivity contribution in [1.29, 1.82) is 0 Å². The van der Waals surface area contributed by atoms with Crippen molar-refractivity contribution < 1.29 is 9.72 Å². The van der Waals surface area contributed by atoms with E-state index in [1.165, 1.54) is 18.2 Å². The summed E-state index contributed by atoms with van der Waals surface area (Å²) in [6, 6.07) is 4.31. The number of nitrogen functional groups attached to an aromatic ring is 1. The normalized spacial score (nSPS) is 16.7. The first kappa shape index (κ1) is 14.3. The Kier molecular flexibility index (Phi) is 3.89. The van der Waals surface area contributed by atoms with Crippen LogP contribution in [0.15, 0.2) is 18.2 Å². The van der Waals surface area contributed by atoms with E-state index in [0.29, 0.717) is 0 Å². The Labute approximate surface area is 116 Å². The molecule has 0 spiro atoms. The number of nitrogens with one attached hydrogen (secondary N) is 2. The van der Waals surface area contributed by atoms with E-state index in [2.05, 4.69) is 10.7 Å². The number of hydrogen-bond donors (Lipinski definition) is 3. The van der Waals surface area contributed by atoms with Crippen LogP contribution in [0, 0.1) is 10.1 Å². The van der Waals surface area contributed by atoms with Crippen LogP contribution in [0.1, 0.15) is 43.0 Å². The summed E-state index contributed by atoms with van der Waals surface area (Å²) >= 11 is 0. The van der Waals surface area contributed by atoms with Gasteiger partial charge in [0, 0.05) is 11.6 Å². The summed E-state index contributed by atoms with van der Waals surface area (Å²) in [7, 11) is 0. The van der Waals surface area contributed by atoms with E-state index in [-0.39, 0.29) is 28.4 Å². The zero-order valence-electron chi connectivity index (χ0n) is 11.3. The molecule has 0 aromatic heterocycles. The zero-order chi connectivity index (χ0) is 14.8. The molecule has 0 unspecified atom stereocenters. The Balaban J connectivity index is 2.30. The monoisotopic (exact) mass is 278 g/mol. The SMILES string of the molecule is CC1(NC(=O)c2cccc([N+](=O)[O-])c2NN)CCCC1. The van der Waals surface area contributed by atoms with Gasteiger partial charge in [-0.3, -0.25) is 20.8 Å². The van der Waals surface area contributed by atoms with Crippen molar-refractivity contribution in [3.63, 3.8) is 0 Å². The highest BCUT2D eigenvalue weighted by atomic mass is 16.6. The lowest BCUT2D eigenvalue weighted by Gasteiger charge is -2.25. The molecule has 0 heterocycles. The van der Waals surface area contributed by atoms with Gasteiger partial charge in [-0.2, -0.15) is 0 Å². The predicted octanol–water partition coefficient (Wildman–Crippen LogP) is 1.94. The van der Waals surface area contributed by atoms with Crippen molar-refractivity contribution in [1.82, 2.24) is 5.32 Å². The van der Waals surface area contributed by atoms with Crippen LogP contribution in [0.4, 0.5) is 11.4 Å². The second-order valence-corrected chi connectivity index (χ2v) is 5.32. The average molecular weight is 278 g/mol. The van der Waals surface area contributed by atoms with Crippen LogP contribution in [-0.2, 0) is 0 Å². The molecular weight excluding hydrogens is 260 g/mol. The Bertz CT molecular complexity index is 538.